The number of hydrogen-bond acceptors (Lipinski definition) is 5. The third-order valence-electron chi connectivity index (χ3n) is 4.97. The lowest BCUT2D eigenvalue weighted by Crippen LogP contribution is -2.37. The van der Waals surface area contributed by atoms with Crippen LogP contribution in [0.1, 0.15) is 30.9 Å². The topological polar surface area (TPSA) is 84.9 Å². The van der Waals surface area contributed by atoms with Crippen molar-refractivity contribution in [1.29, 1.82) is 0 Å². The molecule has 2 atom stereocenters. The van der Waals surface area contributed by atoms with Crippen molar-refractivity contribution in [3.63, 3.8) is 0 Å². The van der Waals surface area contributed by atoms with Crippen molar-refractivity contribution in [2.45, 2.75) is 38.0 Å². The maximum atomic E-state index is 10.0. The van der Waals surface area contributed by atoms with Gasteiger partial charge in [0.05, 0.1) is 6.10 Å². The van der Waals surface area contributed by atoms with Gasteiger partial charge in [0.25, 0.3) is 0 Å². The summed E-state index contributed by atoms with van der Waals surface area (Å²) in [6, 6.07) is 22.7. The van der Waals surface area contributed by atoms with E-state index in [1.807, 2.05) is 61.5 Å². The van der Waals surface area contributed by atoms with Gasteiger partial charge in [0, 0.05) is 23.2 Å². The average Bonchev–Trinajstić information content (AvgIpc) is 2.73. The highest BCUT2D eigenvalue weighted by molar-refractivity contribution is 6.31. The molecule has 3 aromatic rings. The molecule has 0 aromatic heterocycles. The molecule has 0 radical (unpaired) electrons. The zero-order valence-electron chi connectivity index (χ0n) is 17.5. The Bertz CT molecular complexity index is 978. The van der Waals surface area contributed by atoms with Crippen LogP contribution in [0.4, 0.5) is 0 Å². The van der Waals surface area contributed by atoms with Gasteiger partial charge in [-0.05, 0) is 55.2 Å². The number of aliphatic hydroxyl groups excluding tert-OH is 2. The minimum Gasteiger partial charge on any atom is -0.489 e. The van der Waals surface area contributed by atoms with Gasteiger partial charge < -0.3 is 25.4 Å². The average molecular weight is 442 g/mol. The van der Waals surface area contributed by atoms with Gasteiger partial charge in [0.1, 0.15) is 23.9 Å². The van der Waals surface area contributed by atoms with E-state index in [9.17, 15) is 5.11 Å². The quantitative estimate of drug-likeness (QED) is 0.411. The third kappa shape index (κ3) is 6.71. The van der Waals surface area contributed by atoms with Crippen molar-refractivity contribution in [1.82, 2.24) is 0 Å². The predicted molar refractivity (Wildman–Crippen MR) is 123 cm³/mol. The zero-order valence-corrected chi connectivity index (χ0v) is 18.3. The van der Waals surface area contributed by atoms with Crippen molar-refractivity contribution >= 4 is 11.6 Å². The summed E-state index contributed by atoms with van der Waals surface area (Å²) in [4.78, 5) is 0. The fourth-order valence-corrected chi connectivity index (χ4v) is 3.76. The lowest BCUT2D eigenvalue weighted by molar-refractivity contribution is 0.103. The van der Waals surface area contributed by atoms with Gasteiger partial charge in [0.15, 0.2) is 0 Å². The van der Waals surface area contributed by atoms with E-state index in [1.165, 1.54) is 0 Å². The molecule has 0 saturated heterocycles. The van der Waals surface area contributed by atoms with Crippen LogP contribution in [0.3, 0.4) is 0 Å². The molecule has 5 nitrogen and oxygen atoms in total. The van der Waals surface area contributed by atoms with Crippen molar-refractivity contribution in [3.8, 4) is 17.2 Å². The Balaban J connectivity index is 1.67. The van der Waals surface area contributed by atoms with Crippen LogP contribution in [0.2, 0.25) is 5.02 Å². The molecule has 31 heavy (non-hydrogen) atoms. The molecule has 0 amide bonds. The van der Waals surface area contributed by atoms with Crippen molar-refractivity contribution in [2.24, 2.45) is 5.73 Å². The first-order valence-corrected chi connectivity index (χ1v) is 10.6. The first kappa shape index (κ1) is 23.1. The summed E-state index contributed by atoms with van der Waals surface area (Å²) >= 11 is 6.47. The van der Waals surface area contributed by atoms with E-state index in [2.05, 4.69) is 0 Å². The van der Waals surface area contributed by atoms with Crippen molar-refractivity contribution in [2.75, 3.05) is 6.61 Å². The fourth-order valence-electron chi connectivity index (χ4n) is 3.38. The summed E-state index contributed by atoms with van der Waals surface area (Å²) in [7, 11) is 0. The Morgan fingerprint density at radius 2 is 1.68 bits per heavy atom. The Labute approximate surface area is 188 Å². The van der Waals surface area contributed by atoms with Gasteiger partial charge in [-0.25, -0.2) is 0 Å². The molecule has 0 spiro atoms. The van der Waals surface area contributed by atoms with Crippen LogP contribution >= 0.6 is 11.6 Å². The van der Waals surface area contributed by atoms with Crippen LogP contribution in [0.5, 0.6) is 17.2 Å². The Kier molecular flexibility index (Phi) is 7.93. The molecule has 3 aromatic carbocycles. The van der Waals surface area contributed by atoms with Crippen LogP contribution in [0.25, 0.3) is 0 Å². The lowest BCUT2D eigenvalue weighted by atomic mass is 9.86. The number of rotatable bonds is 10. The second-order valence-electron chi connectivity index (χ2n) is 7.78. The number of ether oxygens (including phenoxy) is 2. The highest BCUT2D eigenvalue weighted by Crippen LogP contribution is 2.34. The van der Waals surface area contributed by atoms with E-state index in [1.54, 1.807) is 18.2 Å². The predicted octanol–water partition coefficient (Wildman–Crippen LogP) is 5.02. The van der Waals surface area contributed by atoms with E-state index in [-0.39, 0.29) is 19.4 Å². The minimum atomic E-state index is -0.838. The molecular weight excluding hydrogens is 414 g/mol. The molecule has 0 aliphatic heterocycles. The molecule has 2 unspecified atom stereocenters. The molecule has 0 heterocycles. The Morgan fingerprint density at radius 3 is 2.39 bits per heavy atom. The summed E-state index contributed by atoms with van der Waals surface area (Å²) < 4.78 is 11.8. The van der Waals surface area contributed by atoms with Gasteiger partial charge in [-0.3, -0.25) is 0 Å². The van der Waals surface area contributed by atoms with Crippen LogP contribution in [0, 0.1) is 0 Å². The molecular formula is C25H28ClNO4. The van der Waals surface area contributed by atoms with Crippen LogP contribution in [0.15, 0.2) is 72.8 Å². The summed E-state index contributed by atoms with van der Waals surface area (Å²) in [5.41, 5.74) is 7.35. The number of halogens is 1. The van der Waals surface area contributed by atoms with Crippen LogP contribution in [-0.2, 0) is 12.1 Å². The van der Waals surface area contributed by atoms with Gasteiger partial charge in [-0.15, -0.1) is 0 Å². The summed E-state index contributed by atoms with van der Waals surface area (Å²) in [5.74, 6) is 1.90. The van der Waals surface area contributed by atoms with Crippen LogP contribution < -0.4 is 15.2 Å². The summed E-state index contributed by atoms with van der Waals surface area (Å²) in [6.07, 6.45) is -0.145. The highest BCUT2D eigenvalue weighted by atomic mass is 35.5. The second kappa shape index (κ2) is 10.6. The number of nitrogens with two attached hydrogens (primary N) is 1. The standard InChI is InChI=1S/C25H28ClNO4/c1-25(27,16-19(29)12-13-28)23-11-10-22(15-24(23)26)31-21-9-5-8-20(14-21)30-17-18-6-3-2-4-7-18/h2-11,14-15,19,28-29H,12-13,16-17,27H2,1H3. The molecule has 0 saturated carbocycles. The van der Waals surface area contributed by atoms with E-state index in [0.717, 1.165) is 5.56 Å². The second-order valence-corrected chi connectivity index (χ2v) is 8.19. The zero-order chi connectivity index (χ0) is 22.3. The summed E-state index contributed by atoms with van der Waals surface area (Å²) in [5, 5.41) is 19.5. The maximum Gasteiger partial charge on any atom is 0.131 e. The van der Waals surface area contributed by atoms with E-state index in [4.69, 9.17) is 31.9 Å². The molecule has 0 aliphatic rings. The normalized spacial score (nSPS) is 14.0. The minimum absolute atomic E-state index is 0.0914. The molecule has 6 heteroatoms. The van der Waals surface area contributed by atoms with Gasteiger partial charge >= 0.3 is 0 Å². The monoisotopic (exact) mass is 441 g/mol. The van der Waals surface area contributed by atoms with E-state index >= 15 is 0 Å². The molecule has 0 fully saturated rings. The van der Waals surface area contributed by atoms with E-state index in [0.29, 0.717) is 34.4 Å². The number of hydrogen-bond donors (Lipinski definition) is 3. The smallest absolute Gasteiger partial charge is 0.131 e. The lowest BCUT2D eigenvalue weighted by Gasteiger charge is -2.29. The summed E-state index contributed by atoms with van der Waals surface area (Å²) in [6.45, 7) is 2.19. The first-order chi connectivity index (χ1) is 14.9. The Morgan fingerprint density at radius 1 is 0.968 bits per heavy atom. The van der Waals surface area contributed by atoms with Gasteiger partial charge in [0.2, 0.25) is 0 Å². The molecule has 0 aliphatic carbocycles. The SMILES string of the molecule is CC(N)(CC(O)CCO)c1ccc(Oc2cccc(OCc3ccccc3)c2)cc1Cl. The third-order valence-corrected chi connectivity index (χ3v) is 5.28. The maximum absolute atomic E-state index is 10.0. The largest absolute Gasteiger partial charge is 0.489 e. The van der Waals surface area contributed by atoms with Gasteiger partial charge in [-0.1, -0.05) is 54.1 Å². The van der Waals surface area contributed by atoms with Crippen molar-refractivity contribution < 1.29 is 19.7 Å². The molecule has 164 valence electrons. The highest BCUT2D eigenvalue weighted by Gasteiger charge is 2.27. The fraction of sp³-hybridized carbons (Fsp3) is 0.280. The van der Waals surface area contributed by atoms with Crippen molar-refractivity contribution in [3.05, 3.63) is 88.9 Å². The van der Waals surface area contributed by atoms with E-state index < -0.39 is 11.6 Å². The molecule has 0 bridgehead atoms. The van der Waals surface area contributed by atoms with Gasteiger partial charge in [-0.2, -0.15) is 0 Å². The Hall–Kier alpha value is -2.57. The van der Waals surface area contributed by atoms with Crippen LogP contribution in [-0.4, -0.2) is 22.9 Å². The first-order valence-electron chi connectivity index (χ1n) is 10.2. The number of aliphatic hydroxyl groups is 2. The number of benzene rings is 3. The molecule has 4 N–H and O–H groups in total. The molecule has 3 rings (SSSR count).